The van der Waals surface area contributed by atoms with Crippen LogP contribution in [0.25, 0.3) is 0 Å². The van der Waals surface area contributed by atoms with E-state index < -0.39 is 5.41 Å². The lowest BCUT2D eigenvalue weighted by Crippen LogP contribution is -2.43. The van der Waals surface area contributed by atoms with Gasteiger partial charge in [0.2, 0.25) is 5.91 Å². The second-order valence-corrected chi connectivity index (χ2v) is 5.88. The molecule has 1 atom stereocenters. The van der Waals surface area contributed by atoms with Crippen LogP contribution in [-0.2, 0) is 4.79 Å². The molecule has 0 aromatic carbocycles. The summed E-state index contributed by atoms with van der Waals surface area (Å²) in [7, 11) is 2.11. The number of carbonyl (C=O) groups is 1. The summed E-state index contributed by atoms with van der Waals surface area (Å²) >= 11 is 0. The van der Waals surface area contributed by atoms with Gasteiger partial charge in [-0.15, -0.1) is 0 Å². The van der Waals surface area contributed by atoms with Gasteiger partial charge in [-0.05, 0) is 38.8 Å². The van der Waals surface area contributed by atoms with Crippen LogP contribution in [-0.4, -0.2) is 37.5 Å². The summed E-state index contributed by atoms with van der Waals surface area (Å²) in [6, 6.07) is 2.28. The molecule has 2 aliphatic rings. The van der Waals surface area contributed by atoms with Gasteiger partial charge in [-0.2, -0.15) is 5.26 Å². The number of nitrogens with one attached hydrogen (secondary N) is 1. The Kier molecular flexibility index (Phi) is 4.23. The van der Waals surface area contributed by atoms with Crippen LogP contribution in [0, 0.1) is 22.7 Å². The van der Waals surface area contributed by atoms with Crippen molar-refractivity contribution in [3.63, 3.8) is 0 Å². The minimum absolute atomic E-state index is 0.0285. The third kappa shape index (κ3) is 2.84. The molecule has 4 nitrogen and oxygen atoms in total. The van der Waals surface area contributed by atoms with Gasteiger partial charge in [0.25, 0.3) is 0 Å². The third-order valence-corrected chi connectivity index (χ3v) is 4.40. The minimum Gasteiger partial charge on any atom is -0.354 e. The highest BCUT2D eigenvalue weighted by Crippen LogP contribution is 2.35. The number of nitrogens with zero attached hydrogens (tertiary/aromatic N) is 2. The Labute approximate surface area is 109 Å². The Balaban J connectivity index is 1.84. The fraction of sp³-hybridized carbons (Fsp3) is 0.857. The first kappa shape index (κ1) is 13.4. The van der Waals surface area contributed by atoms with E-state index in [2.05, 4.69) is 23.3 Å². The van der Waals surface area contributed by atoms with E-state index in [9.17, 15) is 10.1 Å². The summed E-state index contributed by atoms with van der Waals surface area (Å²) in [5.74, 6) is 0.525. The van der Waals surface area contributed by atoms with E-state index in [0.717, 1.165) is 58.2 Å². The SMILES string of the molecule is CN1CCC(CNC(=O)C2(C#N)CCCCC2)C1. The molecule has 1 saturated heterocycles. The molecule has 0 radical (unpaired) electrons. The van der Waals surface area contributed by atoms with Crippen molar-refractivity contribution < 1.29 is 4.79 Å². The van der Waals surface area contributed by atoms with Crippen molar-refractivity contribution in [3.05, 3.63) is 0 Å². The average Bonchev–Trinajstić information content (AvgIpc) is 2.82. The predicted molar refractivity (Wildman–Crippen MR) is 69.7 cm³/mol. The van der Waals surface area contributed by atoms with E-state index in [4.69, 9.17) is 0 Å². The highest BCUT2D eigenvalue weighted by Gasteiger charge is 2.39. The zero-order valence-electron chi connectivity index (χ0n) is 11.2. The lowest BCUT2D eigenvalue weighted by molar-refractivity contribution is -0.129. The van der Waals surface area contributed by atoms with Gasteiger partial charge >= 0.3 is 0 Å². The van der Waals surface area contributed by atoms with Gasteiger partial charge in [-0.3, -0.25) is 4.79 Å². The molecule has 100 valence electrons. The zero-order valence-corrected chi connectivity index (χ0v) is 11.2. The van der Waals surface area contributed by atoms with E-state index in [0.29, 0.717) is 5.92 Å². The van der Waals surface area contributed by atoms with Gasteiger partial charge in [0.05, 0.1) is 6.07 Å². The van der Waals surface area contributed by atoms with E-state index in [1.807, 2.05) is 0 Å². The molecule has 0 spiro atoms. The Morgan fingerprint density at radius 2 is 2.17 bits per heavy atom. The van der Waals surface area contributed by atoms with E-state index in [-0.39, 0.29) is 5.91 Å². The molecule has 1 unspecified atom stereocenters. The number of amides is 1. The number of hydrogen-bond acceptors (Lipinski definition) is 3. The Morgan fingerprint density at radius 3 is 2.72 bits per heavy atom. The highest BCUT2D eigenvalue weighted by atomic mass is 16.2. The number of rotatable bonds is 3. The first-order valence-corrected chi connectivity index (χ1v) is 7.04. The predicted octanol–water partition coefficient (Wildman–Crippen LogP) is 1.53. The Bertz CT molecular complexity index is 341. The molecule has 4 heteroatoms. The highest BCUT2D eigenvalue weighted by molar-refractivity contribution is 5.85. The second-order valence-electron chi connectivity index (χ2n) is 5.88. The molecule has 0 bridgehead atoms. The first-order chi connectivity index (χ1) is 8.66. The molecule has 1 N–H and O–H groups in total. The molecule has 2 fully saturated rings. The smallest absolute Gasteiger partial charge is 0.240 e. The molecule has 0 aromatic rings. The molecule has 1 heterocycles. The van der Waals surface area contributed by atoms with Gasteiger partial charge in [-0.25, -0.2) is 0 Å². The van der Waals surface area contributed by atoms with Gasteiger partial charge in [0.15, 0.2) is 0 Å². The summed E-state index contributed by atoms with van der Waals surface area (Å²) in [6.45, 7) is 2.90. The van der Waals surface area contributed by atoms with Crippen molar-refractivity contribution in [2.75, 3.05) is 26.7 Å². The number of nitriles is 1. The zero-order chi connectivity index (χ0) is 13.0. The fourth-order valence-electron chi connectivity index (χ4n) is 3.14. The van der Waals surface area contributed by atoms with Crippen molar-refractivity contribution >= 4 is 5.91 Å². The maximum atomic E-state index is 12.2. The second kappa shape index (κ2) is 5.71. The maximum absolute atomic E-state index is 12.2. The van der Waals surface area contributed by atoms with Crippen LogP contribution in [0.15, 0.2) is 0 Å². The van der Waals surface area contributed by atoms with E-state index in [1.165, 1.54) is 0 Å². The summed E-state index contributed by atoms with van der Waals surface area (Å²) in [6.07, 6.45) is 5.79. The maximum Gasteiger partial charge on any atom is 0.240 e. The van der Waals surface area contributed by atoms with Crippen LogP contribution in [0.4, 0.5) is 0 Å². The van der Waals surface area contributed by atoms with Crippen LogP contribution >= 0.6 is 0 Å². The Morgan fingerprint density at radius 1 is 1.44 bits per heavy atom. The lowest BCUT2D eigenvalue weighted by Gasteiger charge is -2.29. The van der Waals surface area contributed by atoms with Crippen molar-refractivity contribution in [3.8, 4) is 6.07 Å². The topological polar surface area (TPSA) is 56.1 Å². The van der Waals surface area contributed by atoms with Gasteiger partial charge < -0.3 is 10.2 Å². The van der Waals surface area contributed by atoms with Crippen LogP contribution in [0.2, 0.25) is 0 Å². The summed E-state index contributed by atoms with van der Waals surface area (Å²) in [5.41, 5.74) is -0.733. The molecule has 1 amide bonds. The first-order valence-electron chi connectivity index (χ1n) is 7.04. The molecule has 1 aliphatic heterocycles. The summed E-state index contributed by atoms with van der Waals surface area (Å²) in [4.78, 5) is 14.5. The standard InChI is InChI=1S/C14H23N3O/c1-17-8-5-12(10-17)9-16-13(18)14(11-15)6-3-2-4-7-14/h12H,2-10H2,1H3,(H,16,18). The summed E-state index contributed by atoms with van der Waals surface area (Å²) < 4.78 is 0. The molecular weight excluding hydrogens is 226 g/mol. The molecule has 2 rings (SSSR count). The van der Waals surface area contributed by atoms with Gasteiger partial charge in [0.1, 0.15) is 5.41 Å². The van der Waals surface area contributed by atoms with Crippen LogP contribution in [0.1, 0.15) is 38.5 Å². The van der Waals surface area contributed by atoms with Crippen LogP contribution in [0.3, 0.4) is 0 Å². The van der Waals surface area contributed by atoms with Crippen molar-refractivity contribution in [1.29, 1.82) is 5.26 Å². The van der Waals surface area contributed by atoms with Crippen molar-refractivity contribution in [2.24, 2.45) is 11.3 Å². The minimum atomic E-state index is -0.733. The largest absolute Gasteiger partial charge is 0.354 e. The molecule has 18 heavy (non-hydrogen) atoms. The normalized spacial score (nSPS) is 27.7. The van der Waals surface area contributed by atoms with Crippen molar-refractivity contribution in [2.45, 2.75) is 38.5 Å². The molecule has 1 aliphatic carbocycles. The quantitative estimate of drug-likeness (QED) is 0.825. The average molecular weight is 249 g/mol. The fourth-order valence-corrected chi connectivity index (χ4v) is 3.14. The Hall–Kier alpha value is -1.08. The van der Waals surface area contributed by atoms with E-state index >= 15 is 0 Å². The number of hydrogen-bond donors (Lipinski definition) is 1. The third-order valence-electron chi connectivity index (χ3n) is 4.40. The molecule has 1 saturated carbocycles. The van der Waals surface area contributed by atoms with Crippen LogP contribution in [0.5, 0.6) is 0 Å². The molecular formula is C14H23N3O. The van der Waals surface area contributed by atoms with Gasteiger partial charge in [0, 0.05) is 13.1 Å². The molecule has 0 aromatic heterocycles. The van der Waals surface area contributed by atoms with E-state index in [1.54, 1.807) is 0 Å². The summed E-state index contributed by atoms with van der Waals surface area (Å²) in [5, 5.41) is 12.3. The van der Waals surface area contributed by atoms with Gasteiger partial charge in [-0.1, -0.05) is 19.3 Å². The number of likely N-dealkylation sites (tertiary alicyclic amines) is 1. The lowest BCUT2D eigenvalue weighted by atomic mass is 9.74. The monoisotopic (exact) mass is 249 g/mol. The number of carbonyl (C=O) groups excluding carboxylic acids is 1. The van der Waals surface area contributed by atoms with Crippen LogP contribution < -0.4 is 5.32 Å². The van der Waals surface area contributed by atoms with Crippen molar-refractivity contribution in [1.82, 2.24) is 10.2 Å².